The molecule has 0 aliphatic heterocycles. The number of primary sulfonamides is 1. The molecule has 5 nitrogen and oxygen atoms in total. The molecule has 0 bridgehead atoms. The van der Waals surface area contributed by atoms with Gasteiger partial charge in [-0.15, -0.1) is 0 Å². The highest BCUT2D eigenvalue weighted by Crippen LogP contribution is 2.28. The molecule has 0 aromatic heterocycles. The number of carbonyl (C=O) groups excluding carboxylic acids is 1. The summed E-state index contributed by atoms with van der Waals surface area (Å²) in [5, 5.41) is 7.60. The van der Waals surface area contributed by atoms with Crippen LogP contribution in [-0.2, 0) is 10.0 Å². The Morgan fingerprint density at radius 2 is 2.05 bits per heavy atom. The van der Waals surface area contributed by atoms with E-state index in [9.17, 15) is 13.2 Å². The summed E-state index contributed by atoms with van der Waals surface area (Å²) < 4.78 is 23.3. The maximum atomic E-state index is 12.0. The number of hydrogen-bond acceptors (Lipinski definition) is 3. The van der Waals surface area contributed by atoms with E-state index < -0.39 is 15.9 Å². The Kier molecular flexibility index (Phi) is 6.00. The lowest BCUT2D eigenvalue weighted by Crippen LogP contribution is -2.26. The van der Waals surface area contributed by atoms with Crippen LogP contribution in [0.25, 0.3) is 0 Å². The lowest BCUT2D eigenvalue weighted by Gasteiger charge is -2.11. The second-order valence-electron chi connectivity index (χ2n) is 4.75. The summed E-state index contributed by atoms with van der Waals surface area (Å²) in [4.78, 5) is 11.8. The average molecular weight is 384 g/mol. The molecule has 1 amide bonds. The van der Waals surface area contributed by atoms with Crippen LogP contribution >= 0.6 is 27.5 Å². The molecule has 112 valence electrons. The highest BCUT2D eigenvalue weighted by atomic mass is 79.9. The smallest absolute Gasteiger partial charge is 0.252 e. The maximum Gasteiger partial charge on any atom is 0.252 e. The van der Waals surface area contributed by atoms with Crippen LogP contribution in [0, 0.1) is 5.92 Å². The Labute approximate surface area is 132 Å². The predicted molar refractivity (Wildman–Crippen MR) is 82.3 cm³/mol. The Morgan fingerprint density at radius 3 is 2.55 bits per heavy atom. The number of amides is 1. The SMILES string of the molecule is CC(C)CCNC(=O)c1cc(Br)cc(S(N)(=O)=O)c1Cl. The summed E-state index contributed by atoms with van der Waals surface area (Å²) >= 11 is 9.10. The molecule has 0 fully saturated rings. The van der Waals surface area contributed by atoms with Crippen LogP contribution in [0.4, 0.5) is 0 Å². The molecule has 0 atom stereocenters. The molecule has 0 radical (unpaired) electrons. The van der Waals surface area contributed by atoms with Crippen LogP contribution < -0.4 is 10.5 Å². The molecule has 1 rings (SSSR count). The number of carbonyl (C=O) groups is 1. The van der Waals surface area contributed by atoms with Gasteiger partial charge in [0.2, 0.25) is 10.0 Å². The molecule has 3 N–H and O–H groups in total. The van der Waals surface area contributed by atoms with E-state index in [1.807, 2.05) is 13.8 Å². The molecule has 0 unspecified atom stereocenters. The summed E-state index contributed by atoms with van der Waals surface area (Å²) in [5.41, 5.74) is 0.0776. The lowest BCUT2D eigenvalue weighted by molar-refractivity contribution is 0.0952. The van der Waals surface area contributed by atoms with Gasteiger partial charge in [-0.3, -0.25) is 4.79 Å². The van der Waals surface area contributed by atoms with Gasteiger partial charge >= 0.3 is 0 Å². The fraction of sp³-hybridized carbons (Fsp3) is 0.417. The molecule has 0 aliphatic carbocycles. The van der Waals surface area contributed by atoms with Gasteiger partial charge < -0.3 is 5.32 Å². The number of hydrogen-bond donors (Lipinski definition) is 2. The topological polar surface area (TPSA) is 89.3 Å². The summed E-state index contributed by atoms with van der Waals surface area (Å²) in [7, 11) is -3.99. The summed E-state index contributed by atoms with van der Waals surface area (Å²) in [6.45, 7) is 4.57. The van der Waals surface area contributed by atoms with Crippen molar-refractivity contribution in [3.63, 3.8) is 0 Å². The van der Waals surface area contributed by atoms with Crippen LogP contribution in [0.2, 0.25) is 5.02 Å². The minimum atomic E-state index is -3.99. The molecule has 0 heterocycles. The van der Waals surface area contributed by atoms with Crippen molar-refractivity contribution in [1.82, 2.24) is 5.32 Å². The van der Waals surface area contributed by atoms with Crippen molar-refractivity contribution in [2.75, 3.05) is 6.54 Å². The number of nitrogens with one attached hydrogen (secondary N) is 1. The van der Waals surface area contributed by atoms with Gasteiger partial charge in [0.25, 0.3) is 5.91 Å². The Morgan fingerprint density at radius 1 is 1.45 bits per heavy atom. The first-order valence-electron chi connectivity index (χ1n) is 5.93. The van der Waals surface area contributed by atoms with Gasteiger partial charge in [-0.1, -0.05) is 41.4 Å². The zero-order valence-electron chi connectivity index (χ0n) is 11.1. The minimum absolute atomic E-state index is 0.0776. The van der Waals surface area contributed by atoms with Gasteiger partial charge in [0.05, 0.1) is 10.6 Å². The predicted octanol–water partition coefficient (Wildman–Crippen LogP) is 2.53. The molecule has 0 aliphatic rings. The van der Waals surface area contributed by atoms with E-state index in [2.05, 4.69) is 21.2 Å². The van der Waals surface area contributed by atoms with Crippen LogP contribution in [-0.4, -0.2) is 20.9 Å². The van der Waals surface area contributed by atoms with Crippen LogP contribution in [0.3, 0.4) is 0 Å². The van der Waals surface area contributed by atoms with Crippen molar-refractivity contribution in [1.29, 1.82) is 0 Å². The summed E-state index contributed by atoms with van der Waals surface area (Å²) in [5.74, 6) is 0.0233. The maximum absolute atomic E-state index is 12.0. The zero-order chi connectivity index (χ0) is 15.5. The Hall–Kier alpha value is -0.630. The molecule has 0 spiro atoms. The van der Waals surface area contributed by atoms with Gasteiger partial charge in [-0.25, -0.2) is 13.6 Å². The number of sulfonamides is 1. The molecule has 20 heavy (non-hydrogen) atoms. The van der Waals surface area contributed by atoms with Crippen molar-refractivity contribution < 1.29 is 13.2 Å². The van der Waals surface area contributed by atoms with Crippen LogP contribution in [0.15, 0.2) is 21.5 Å². The van der Waals surface area contributed by atoms with Crippen molar-refractivity contribution in [3.05, 3.63) is 27.2 Å². The fourth-order valence-corrected chi connectivity index (χ4v) is 3.28. The van der Waals surface area contributed by atoms with Gasteiger partial charge in [0.1, 0.15) is 4.90 Å². The Balaban J connectivity index is 3.07. The molecular weight excluding hydrogens is 368 g/mol. The lowest BCUT2D eigenvalue weighted by atomic mass is 10.1. The van der Waals surface area contributed by atoms with E-state index in [1.165, 1.54) is 12.1 Å². The third-order valence-electron chi connectivity index (χ3n) is 2.56. The van der Waals surface area contributed by atoms with Gasteiger partial charge in [-0.05, 0) is 24.5 Å². The summed E-state index contributed by atoms with van der Waals surface area (Å²) in [6, 6.07) is 2.73. The molecule has 0 saturated carbocycles. The highest BCUT2D eigenvalue weighted by Gasteiger charge is 2.20. The second kappa shape index (κ2) is 6.89. The van der Waals surface area contributed by atoms with E-state index in [0.29, 0.717) is 16.9 Å². The van der Waals surface area contributed by atoms with Gasteiger partial charge in [-0.2, -0.15) is 0 Å². The van der Waals surface area contributed by atoms with Crippen molar-refractivity contribution in [3.8, 4) is 0 Å². The molecule has 1 aromatic carbocycles. The van der Waals surface area contributed by atoms with Crippen LogP contribution in [0.5, 0.6) is 0 Å². The monoisotopic (exact) mass is 382 g/mol. The molecule has 0 saturated heterocycles. The van der Waals surface area contributed by atoms with Gasteiger partial charge in [0, 0.05) is 11.0 Å². The standard InChI is InChI=1S/C12H16BrClN2O3S/c1-7(2)3-4-16-12(17)9-5-8(13)6-10(11(9)14)20(15,18)19/h5-7H,3-4H2,1-2H3,(H,16,17)(H2,15,18,19). The van der Waals surface area contributed by atoms with E-state index >= 15 is 0 Å². The van der Waals surface area contributed by atoms with E-state index in [0.717, 1.165) is 6.42 Å². The quantitative estimate of drug-likeness (QED) is 0.818. The zero-order valence-corrected chi connectivity index (χ0v) is 14.3. The van der Waals surface area contributed by atoms with Crippen molar-refractivity contribution >= 4 is 43.5 Å². The first-order valence-corrected chi connectivity index (χ1v) is 8.64. The molecular formula is C12H16BrClN2O3S. The minimum Gasteiger partial charge on any atom is -0.352 e. The largest absolute Gasteiger partial charge is 0.352 e. The van der Waals surface area contributed by atoms with E-state index in [1.54, 1.807) is 0 Å². The van der Waals surface area contributed by atoms with E-state index in [4.69, 9.17) is 16.7 Å². The number of benzene rings is 1. The first-order chi connectivity index (χ1) is 9.12. The second-order valence-corrected chi connectivity index (χ2v) is 7.57. The van der Waals surface area contributed by atoms with Crippen molar-refractivity contribution in [2.45, 2.75) is 25.2 Å². The number of halogens is 2. The van der Waals surface area contributed by atoms with Crippen molar-refractivity contribution in [2.24, 2.45) is 11.1 Å². The normalized spacial score (nSPS) is 11.7. The molecule has 8 heteroatoms. The van der Waals surface area contributed by atoms with Gasteiger partial charge in [0.15, 0.2) is 0 Å². The first kappa shape index (κ1) is 17.4. The average Bonchev–Trinajstić information content (AvgIpc) is 2.29. The summed E-state index contributed by atoms with van der Waals surface area (Å²) in [6.07, 6.45) is 0.819. The third-order valence-corrected chi connectivity index (χ3v) is 4.47. The third kappa shape index (κ3) is 4.73. The van der Waals surface area contributed by atoms with Crippen LogP contribution in [0.1, 0.15) is 30.6 Å². The highest BCUT2D eigenvalue weighted by molar-refractivity contribution is 9.10. The Bertz CT molecular complexity index is 617. The van der Waals surface area contributed by atoms with E-state index in [-0.39, 0.29) is 15.5 Å². The number of nitrogens with two attached hydrogens (primary N) is 1. The number of rotatable bonds is 5. The fourth-order valence-electron chi connectivity index (χ4n) is 1.51. The molecule has 1 aromatic rings.